The molecule has 1 aliphatic heterocycles. The van der Waals surface area contributed by atoms with Crippen LogP contribution in [0.3, 0.4) is 0 Å². The zero-order chi connectivity index (χ0) is 18.1. The monoisotopic (exact) mass is 372 g/mol. The van der Waals surface area contributed by atoms with Gasteiger partial charge in [-0.2, -0.15) is 16.7 Å². The Morgan fingerprint density at radius 3 is 2.85 bits per heavy atom. The minimum atomic E-state index is 0.0992. The van der Waals surface area contributed by atoms with Crippen molar-refractivity contribution in [3.8, 4) is 11.5 Å². The van der Waals surface area contributed by atoms with Crippen LogP contribution >= 0.6 is 11.8 Å². The zero-order valence-corrected chi connectivity index (χ0v) is 15.6. The first-order valence-electron chi connectivity index (χ1n) is 8.65. The van der Waals surface area contributed by atoms with Gasteiger partial charge in [0.1, 0.15) is 5.82 Å². The van der Waals surface area contributed by atoms with E-state index in [1.165, 1.54) is 0 Å². The molecule has 26 heavy (non-hydrogen) atoms. The van der Waals surface area contributed by atoms with E-state index < -0.39 is 0 Å². The Bertz CT molecular complexity index is 928. The number of amides is 1. The second kappa shape index (κ2) is 7.06. The van der Waals surface area contributed by atoms with Crippen molar-refractivity contribution in [2.24, 2.45) is 0 Å². The normalized spacial score (nSPS) is 15.1. The lowest BCUT2D eigenvalue weighted by Gasteiger charge is -2.26. The molecule has 4 rings (SSSR count). The molecule has 0 aliphatic carbocycles. The van der Waals surface area contributed by atoms with Gasteiger partial charge in [0.15, 0.2) is 11.5 Å². The molecule has 0 aromatic carbocycles. The summed E-state index contributed by atoms with van der Waals surface area (Å²) in [6, 6.07) is 3.72. The van der Waals surface area contributed by atoms with E-state index in [1.54, 1.807) is 0 Å². The van der Waals surface area contributed by atoms with Gasteiger partial charge in [0.2, 0.25) is 5.91 Å². The quantitative estimate of drug-likeness (QED) is 0.692. The standard InChI is InChI=1S/C17H20N6O2S/c1-11(2)16-18-17(25-21-16)12-3-4-23-13(9-12)19-20-14(23)10-15(24)22-5-7-26-8-6-22/h3-4,9,11H,5-8,10H2,1-2H3. The highest BCUT2D eigenvalue weighted by Crippen LogP contribution is 2.21. The third kappa shape index (κ3) is 3.31. The van der Waals surface area contributed by atoms with Gasteiger partial charge >= 0.3 is 0 Å². The number of pyridine rings is 1. The van der Waals surface area contributed by atoms with Crippen molar-refractivity contribution >= 4 is 23.3 Å². The van der Waals surface area contributed by atoms with Gasteiger partial charge in [-0.05, 0) is 12.1 Å². The molecule has 4 heterocycles. The van der Waals surface area contributed by atoms with Crippen LogP contribution in [0.2, 0.25) is 0 Å². The molecular weight excluding hydrogens is 352 g/mol. The number of hydrogen-bond donors (Lipinski definition) is 0. The molecule has 8 nitrogen and oxygen atoms in total. The maximum atomic E-state index is 12.5. The van der Waals surface area contributed by atoms with E-state index in [-0.39, 0.29) is 18.2 Å². The molecule has 136 valence electrons. The van der Waals surface area contributed by atoms with Gasteiger partial charge in [-0.1, -0.05) is 19.0 Å². The minimum absolute atomic E-state index is 0.0992. The lowest BCUT2D eigenvalue weighted by Crippen LogP contribution is -2.39. The van der Waals surface area contributed by atoms with Crippen molar-refractivity contribution < 1.29 is 9.32 Å². The summed E-state index contributed by atoms with van der Waals surface area (Å²) >= 11 is 1.88. The molecule has 0 radical (unpaired) electrons. The van der Waals surface area contributed by atoms with Crippen molar-refractivity contribution in [3.63, 3.8) is 0 Å². The first kappa shape index (κ1) is 17.0. The van der Waals surface area contributed by atoms with E-state index in [1.807, 2.05) is 53.2 Å². The predicted molar refractivity (Wildman–Crippen MR) is 98.0 cm³/mol. The van der Waals surface area contributed by atoms with Crippen LogP contribution in [-0.4, -0.2) is 60.1 Å². The molecule has 3 aromatic heterocycles. The Hall–Kier alpha value is -2.42. The van der Waals surface area contributed by atoms with Crippen LogP contribution in [0.5, 0.6) is 0 Å². The first-order valence-corrected chi connectivity index (χ1v) is 9.80. The van der Waals surface area contributed by atoms with Crippen LogP contribution in [-0.2, 0) is 11.2 Å². The Morgan fingerprint density at radius 2 is 2.12 bits per heavy atom. The van der Waals surface area contributed by atoms with Crippen molar-refractivity contribution in [3.05, 3.63) is 30.0 Å². The molecule has 1 saturated heterocycles. The van der Waals surface area contributed by atoms with Crippen LogP contribution in [0.25, 0.3) is 17.1 Å². The van der Waals surface area contributed by atoms with E-state index in [0.717, 1.165) is 30.2 Å². The number of thioether (sulfide) groups is 1. The SMILES string of the molecule is CC(C)c1noc(-c2ccn3c(CC(=O)N4CCSCC4)nnc3c2)n1. The van der Waals surface area contributed by atoms with E-state index in [0.29, 0.717) is 23.2 Å². The number of rotatable bonds is 4. The molecule has 0 atom stereocenters. The molecular formula is C17H20N6O2S. The summed E-state index contributed by atoms with van der Waals surface area (Å²) in [5, 5.41) is 12.4. The van der Waals surface area contributed by atoms with Gasteiger partial charge in [-0.15, -0.1) is 10.2 Å². The first-order chi connectivity index (χ1) is 12.6. The van der Waals surface area contributed by atoms with E-state index >= 15 is 0 Å². The highest BCUT2D eigenvalue weighted by atomic mass is 32.2. The van der Waals surface area contributed by atoms with Crippen molar-refractivity contribution in [2.75, 3.05) is 24.6 Å². The van der Waals surface area contributed by atoms with Gasteiger partial charge < -0.3 is 9.42 Å². The van der Waals surface area contributed by atoms with Gasteiger partial charge in [-0.25, -0.2) is 0 Å². The minimum Gasteiger partial charge on any atom is -0.341 e. The number of carbonyl (C=O) groups is 1. The number of hydrogen-bond acceptors (Lipinski definition) is 7. The fourth-order valence-corrected chi connectivity index (χ4v) is 3.74. The molecule has 0 N–H and O–H groups in total. The third-order valence-electron chi connectivity index (χ3n) is 4.36. The summed E-state index contributed by atoms with van der Waals surface area (Å²) in [7, 11) is 0. The molecule has 0 bridgehead atoms. The summed E-state index contributed by atoms with van der Waals surface area (Å²) in [4.78, 5) is 18.8. The second-order valence-corrected chi connectivity index (χ2v) is 7.77. The lowest BCUT2D eigenvalue weighted by molar-refractivity contribution is -0.130. The van der Waals surface area contributed by atoms with Crippen molar-refractivity contribution in [2.45, 2.75) is 26.2 Å². The van der Waals surface area contributed by atoms with Crippen molar-refractivity contribution in [1.82, 2.24) is 29.6 Å². The fraction of sp³-hybridized carbons (Fsp3) is 0.471. The lowest BCUT2D eigenvalue weighted by atomic mass is 10.2. The molecule has 1 fully saturated rings. The van der Waals surface area contributed by atoms with Gasteiger partial charge in [0, 0.05) is 42.3 Å². The molecule has 1 aliphatic rings. The molecule has 0 saturated carbocycles. The summed E-state index contributed by atoms with van der Waals surface area (Å²) < 4.78 is 7.16. The maximum absolute atomic E-state index is 12.5. The topological polar surface area (TPSA) is 89.4 Å². The van der Waals surface area contributed by atoms with Gasteiger partial charge in [-0.3, -0.25) is 9.20 Å². The molecule has 1 amide bonds. The fourth-order valence-electron chi connectivity index (χ4n) is 2.84. The molecule has 3 aromatic rings. The number of nitrogens with zero attached hydrogens (tertiary/aromatic N) is 6. The molecule has 0 unspecified atom stereocenters. The average Bonchev–Trinajstić information content (AvgIpc) is 3.30. The molecule has 0 spiro atoms. The predicted octanol–water partition coefficient (Wildman–Crippen LogP) is 2.02. The van der Waals surface area contributed by atoms with E-state index in [4.69, 9.17) is 4.52 Å². The van der Waals surface area contributed by atoms with Crippen LogP contribution in [0.15, 0.2) is 22.9 Å². The summed E-state index contributed by atoms with van der Waals surface area (Å²) in [6.45, 7) is 5.64. The van der Waals surface area contributed by atoms with E-state index in [9.17, 15) is 4.79 Å². The van der Waals surface area contributed by atoms with Crippen LogP contribution in [0.1, 0.15) is 31.4 Å². The number of fused-ring (bicyclic) bond motifs is 1. The number of aromatic nitrogens is 5. The summed E-state index contributed by atoms with van der Waals surface area (Å²) in [5.74, 6) is 4.08. The zero-order valence-electron chi connectivity index (χ0n) is 14.8. The number of carbonyl (C=O) groups excluding carboxylic acids is 1. The Kier molecular flexibility index (Phi) is 4.62. The van der Waals surface area contributed by atoms with Crippen LogP contribution in [0.4, 0.5) is 0 Å². The average molecular weight is 372 g/mol. The van der Waals surface area contributed by atoms with Crippen LogP contribution < -0.4 is 0 Å². The van der Waals surface area contributed by atoms with Gasteiger partial charge in [0.25, 0.3) is 5.89 Å². The Labute approximate surface area is 155 Å². The Balaban J connectivity index is 1.56. The largest absolute Gasteiger partial charge is 0.341 e. The highest BCUT2D eigenvalue weighted by molar-refractivity contribution is 7.99. The summed E-state index contributed by atoms with van der Waals surface area (Å²) in [6.07, 6.45) is 2.10. The van der Waals surface area contributed by atoms with Crippen LogP contribution in [0, 0.1) is 0 Å². The second-order valence-electron chi connectivity index (χ2n) is 6.54. The van der Waals surface area contributed by atoms with E-state index in [2.05, 4.69) is 20.3 Å². The third-order valence-corrected chi connectivity index (χ3v) is 5.30. The smallest absolute Gasteiger partial charge is 0.258 e. The highest BCUT2D eigenvalue weighted by Gasteiger charge is 2.20. The maximum Gasteiger partial charge on any atom is 0.258 e. The Morgan fingerprint density at radius 1 is 1.31 bits per heavy atom. The summed E-state index contributed by atoms with van der Waals surface area (Å²) in [5.41, 5.74) is 1.44. The molecule has 9 heteroatoms. The van der Waals surface area contributed by atoms with Gasteiger partial charge in [0.05, 0.1) is 6.42 Å². The van der Waals surface area contributed by atoms with Crippen molar-refractivity contribution in [1.29, 1.82) is 0 Å².